The molecule has 2 amide bonds. The predicted molar refractivity (Wildman–Crippen MR) is 66.9 cm³/mol. The number of aliphatic carboxylic acids is 1. The molecule has 0 aromatic carbocycles. The Hall–Kier alpha value is -1.26. The van der Waals surface area contributed by atoms with Crippen molar-refractivity contribution in [3.8, 4) is 0 Å². The molecule has 0 saturated heterocycles. The van der Waals surface area contributed by atoms with Gasteiger partial charge >= 0.3 is 12.0 Å². The minimum Gasteiger partial charge on any atom is -0.480 e. The Bertz CT molecular complexity index is 269. The standard InChI is InChI=1S/C12H24N2O3/c1-8(2)6-9(10(15)16)14-11(17)13-7-12(3,4)5/h8-9H,6-7H2,1-5H3,(H,15,16)(H2,13,14,17)/t9-/m1/s1. The van der Waals surface area contributed by atoms with Crippen molar-refractivity contribution >= 4 is 12.0 Å². The third-order valence-corrected chi connectivity index (χ3v) is 2.09. The van der Waals surface area contributed by atoms with Crippen LogP contribution in [0.15, 0.2) is 0 Å². The molecule has 0 fully saturated rings. The first-order chi connectivity index (χ1) is 7.61. The molecular weight excluding hydrogens is 220 g/mol. The van der Waals surface area contributed by atoms with Crippen LogP contribution in [0.1, 0.15) is 41.0 Å². The van der Waals surface area contributed by atoms with Gasteiger partial charge in [0, 0.05) is 6.54 Å². The Morgan fingerprint density at radius 3 is 2.12 bits per heavy atom. The van der Waals surface area contributed by atoms with E-state index in [9.17, 15) is 9.59 Å². The predicted octanol–water partition coefficient (Wildman–Crippen LogP) is 1.83. The highest BCUT2D eigenvalue weighted by Gasteiger charge is 2.21. The maximum atomic E-state index is 11.5. The zero-order valence-corrected chi connectivity index (χ0v) is 11.3. The highest BCUT2D eigenvalue weighted by atomic mass is 16.4. The zero-order valence-electron chi connectivity index (χ0n) is 11.3. The van der Waals surface area contributed by atoms with E-state index in [2.05, 4.69) is 10.6 Å². The number of carbonyl (C=O) groups is 2. The number of urea groups is 1. The Morgan fingerprint density at radius 1 is 1.24 bits per heavy atom. The molecule has 0 aliphatic rings. The number of rotatable bonds is 5. The van der Waals surface area contributed by atoms with E-state index in [1.807, 2.05) is 34.6 Å². The highest BCUT2D eigenvalue weighted by molar-refractivity contribution is 5.82. The SMILES string of the molecule is CC(C)C[C@@H](NC(=O)NCC(C)(C)C)C(=O)O. The first-order valence-electron chi connectivity index (χ1n) is 5.89. The third-order valence-electron chi connectivity index (χ3n) is 2.09. The minimum atomic E-state index is -0.996. The Labute approximate surface area is 103 Å². The van der Waals surface area contributed by atoms with Crippen LogP contribution in [0.2, 0.25) is 0 Å². The van der Waals surface area contributed by atoms with E-state index in [0.29, 0.717) is 13.0 Å². The second-order valence-corrected chi connectivity index (χ2v) is 5.91. The lowest BCUT2D eigenvalue weighted by molar-refractivity contribution is -0.139. The van der Waals surface area contributed by atoms with E-state index in [1.165, 1.54) is 0 Å². The van der Waals surface area contributed by atoms with Crippen LogP contribution in [0.25, 0.3) is 0 Å². The lowest BCUT2D eigenvalue weighted by Gasteiger charge is -2.21. The number of hydrogen-bond donors (Lipinski definition) is 3. The molecule has 0 aromatic heterocycles. The molecule has 0 radical (unpaired) electrons. The van der Waals surface area contributed by atoms with E-state index in [4.69, 9.17) is 5.11 Å². The second kappa shape index (κ2) is 6.47. The molecule has 0 heterocycles. The normalized spacial score (nSPS) is 13.3. The van der Waals surface area contributed by atoms with Crippen molar-refractivity contribution < 1.29 is 14.7 Å². The molecule has 1 atom stereocenters. The van der Waals surface area contributed by atoms with Gasteiger partial charge in [-0.1, -0.05) is 34.6 Å². The Morgan fingerprint density at radius 2 is 1.76 bits per heavy atom. The number of amides is 2. The molecule has 17 heavy (non-hydrogen) atoms. The van der Waals surface area contributed by atoms with E-state index in [1.54, 1.807) is 0 Å². The van der Waals surface area contributed by atoms with Crippen LogP contribution in [-0.4, -0.2) is 29.7 Å². The van der Waals surface area contributed by atoms with Crippen LogP contribution in [0, 0.1) is 11.3 Å². The first kappa shape index (κ1) is 15.7. The summed E-state index contributed by atoms with van der Waals surface area (Å²) in [6, 6.07) is -1.25. The number of carboxylic acids is 1. The molecule has 0 unspecified atom stereocenters. The fraction of sp³-hybridized carbons (Fsp3) is 0.833. The zero-order chi connectivity index (χ0) is 13.6. The molecular formula is C12H24N2O3. The van der Waals surface area contributed by atoms with Crippen LogP contribution < -0.4 is 10.6 Å². The minimum absolute atomic E-state index is 0.0197. The lowest BCUT2D eigenvalue weighted by Crippen LogP contribution is -2.48. The fourth-order valence-corrected chi connectivity index (χ4v) is 1.25. The van der Waals surface area contributed by atoms with Crippen molar-refractivity contribution in [2.24, 2.45) is 11.3 Å². The van der Waals surface area contributed by atoms with Crippen molar-refractivity contribution in [2.45, 2.75) is 47.1 Å². The summed E-state index contributed by atoms with van der Waals surface area (Å²) in [4.78, 5) is 22.4. The van der Waals surface area contributed by atoms with Gasteiger partial charge in [0.25, 0.3) is 0 Å². The third kappa shape index (κ3) is 8.54. The molecule has 0 aromatic rings. The average molecular weight is 244 g/mol. The summed E-state index contributed by atoms with van der Waals surface area (Å²) in [6.07, 6.45) is 0.429. The maximum absolute atomic E-state index is 11.5. The van der Waals surface area contributed by atoms with Crippen molar-refractivity contribution in [3.63, 3.8) is 0 Å². The second-order valence-electron chi connectivity index (χ2n) is 5.91. The summed E-state index contributed by atoms with van der Waals surface area (Å²) >= 11 is 0. The first-order valence-corrected chi connectivity index (χ1v) is 5.89. The van der Waals surface area contributed by atoms with E-state index in [0.717, 1.165) is 0 Å². The largest absolute Gasteiger partial charge is 0.480 e. The van der Waals surface area contributed by atoms with E-state index in [-0.39, 0.29) is 11.3 Å². The summed E-state index contributed by atoms with van der Waals surface area (Å²) in [6.45, 7) is 10.3. The number of nitrogens with one attached hydrogen (secondary N) is 2. The molecule has 3 N–H and O–H groups in total. The summed E-state index contributed by atoms with van der Waals surface area (Å²) < 4.78 is 0. The topological polar surface area (TPSA) is 78.4 Å². The monoisotopic (exact) mass is 244 g/mol. The van der Waals surface area contributed by atoms with Gasteiger partial charge in [-0.2, -0.15) is 0 Å². The molecule has 0 saturated carbocycles. The van der Waals surface area contributed by atoms with Crippen LogP contribution in [0.4, 0.5) is 4.79 Å². The van der Waals surface area contributed by atoms with Gasteiger partial charge in [0.2, 0.25) is 0 Å². The van der Waals surface area contributed by atoms with Gasteiger partial charge in [-0.3, -0.25) is 0 Å². The maximum Gasteiger partial charge on any atom is 0.326 e. The van der Waals surface area contributed by atoms with E-state index >= 15 is 0 Å². The molecule has 0 bridgehead atoms. The number of carbonyl (C=O) groups excluding carboxylic acids is 1. The van der Waals surface area contributed by atoms with Crippen molar-refractivity contribution in [1.29, 1.82) is 0 Å². The smallest absolute Gasteiger partial charge is 0.326 e. The highest BCUT2D eigenvalue weighted by Crippen LogP contribution is 2.10. The molecule has 5 nitrogen and oxygen atoms in total. The average Bonchev–Trinajstić information content (AvgIpc) is 2.11. The van der Waals surface area contributed by atoms with Gasteiger partial charge in [0.05, 0.1) is 0 Å². The van der Waals surface area contributed by atoms with Crippen LogP contribution in [0.5, 0.6) is 0 Å². The molecule has 100 valence electrons. The Kier molecular flexibility index (Phi) is 5.99. The Balaban J connectivity index is 4.18. The summed E-state index contributed by atoms with van der Waals surface area (Å²) in [5.41, 5.74) is -0.0197. The van der Waals surface area contributed by atoms with Gasteiger partial charge in [-0.15, -0.1) is 0 Å². The van der Waals surface area contributed by atoms with Gasteiger partial charge in [0.15, 0.2) is 0 Å². The van der Waals surface area contributed by atoms with Crippen LogP contribution in [0.3, 0.4) is 0 Å². The van der Waals surface area contributed by atoms with Gasteiger partial charge < -0.3 is 15.7 Å². The molecule has 0 rings (SSSR count). The van der Waals surface area contributed by atoms with Crippen LogP contribution >= 0.6 is 0 Å². The summed E-state index contributed by atoms with van der Waals surface area (Å²) in [7, 11) is 0. The molecule has 0 aliphatic heterocycles. The lowest BCUT2D eigenvalue weighted by atomic mass is 9.97. The van der Waals surface area contributed by atoms with Crippen molar-refractivity contribution in [1.82, 2.24) is 10.6 Å². The van der Waals surface area contributed by atoms with Crippen LogP contribution in [-0.2, 0) is 4.79 Å². The quantitative estimate of drug-likeness (QED) is 0.690. The van der Waals surface area contributed by atoms with Gasteiger partial charge in [0.1, 0.15) is 6.04 Å². The van der Waals surface area contributed by atoms with E-state index < -0.39 is 18.0 Å². The van der Waals surface area contributed by atoms with Crippen molar-refractivity contribution in [2.75, 3.05) is 6.54 Å². The number of carboxylic acid groups (broad SMARTS) is 1. The molecule has 0 spiro atoms. The fourth-order valence-electron chi connectivity index (χ4n) is 1.25. The molecule has 0 aliphatic carbocycles. The summed E-state index contributed by atoms with van der Waals surface area (Å²) in [5, 5.41) is 14.1. The molecule has 5 heteroatoms. The van der Waals surface area contributed by atoms with Gasteiger partial charge in [-0.25, -0.2) is 9.59 Å². The van der Waals surface area contributed by atoms with Crippen molar-refractivity contribution in [3.05, 3.63) is 0 Å². The summed E-state index contributed by atoms with van der Waals surface area (Å²) in [5.74, 6) is -0.774. The van der Waals surface area contributed by atoms with Gasteiger partial charge in [-0.05, 0) is 17.8 Å². The number of hydrogen-bond acceptors (Lipinski definition) is 2.